The van der Waals surface area contributed by atoms with E-state index in [0.717, 1.165) is 24.8 Å². The lowest BCUT2D eigenvalue weighted by atomic mass is 10.4. The number of nitrogens with zero attached hydrogens (tertiary/aromatic N) is 4. The van der Waals surface area contributed by atoms with Crippen LogP contribution in [0.1, 0.15) is 0 Å². The number of ether oxygens (including phenoxy) is 1. The van der Waals surface area contributed by atoms with Crippen LogP contribution < -0.4 is 10.1 Å². The Labute approximate surface area is 109 Å². The van der Waals surface area contributed by atoms with Crippen LogP contribution in [-0.2, 0) is 6.54 Å². The Morgan fingerprint density at radius 2 is 2.50 bits per heavy atom. The summed E-state index contributed by atoms with van der Waals surface area (Å²) in [7, 11) is 0. The van der Waals surface area contributed by atoms with E-state index in [1.54, 1.807) is 6.20 Å². The molecule has 0 saturated carbocycles. The molecule has 2 aromatic rings. The molecule has 0 aromatic carbocycles. The van der Waals surface area contributed by atoms with Crippen molar-refractivity contribution >= 4 is 11.7 Å². The van der Waals surface area contributed by atoms with Crippen molar-refractivity contribution in [2.75, 3.05) is 19.7 Å². The maximum absolute atomic E-state index is 9.65. The minimum atomic E-state index is -0.565. The predicted molar refractivity (Wildman–Crippen MR) is 66.5 cm³/mol. The number of aliphatic hydroxyl groups is 1. The second-order valence-corrected chi connectivity index (χ2v) is 4.24. The third-order valence-electron chi connectivity index (χ3n) is 2.22. The first-order valence-corrected chi connectivity index (χ1v) is 6.34. The second kappa shape index (κ2) is 7.04. The predicted octanol–water partition coefficient (Wildman–Crippen LogP) is -0.236. The third kappa shape index (κ3) is 4.40. The van der Waals surface area contributed by atoms with Crippen molar-refractivity contribution in [1.82, 2.24) is 23.8 Å². The van der Waals surface area contributed by atoms with Crippen LogP contribution in [0.15, 0.2) is 24.7 Å². The van der Waals surface area contributed by atoms with Gasteiger partial charge < -0.3 is 15.2 Å². The van der Waals surface area contributed by atoms with Gasteiger partial charge in [0.2, 0.25) is 5.88 Å². The number of hydrogen-bond donors (Lipinski definition) is 2. The van der Waals surface area contributed by atoms with Gasteiger partial charge in [-0.05, 0) is 6.07 Å². The molecule has 0 aliphatic carbocycles. The van der Waals surface area contributed by atoms with E-state index in [0.29, 0.717) is 12.4 Å². The summed E-state index contributed by atoms with van der Waals surface area (Å²) in [6.45, 7) is 2.20. The van der Waals surface area contributed by atoms with E-state index < -0.39 is 6.10 Å². The molecule has 18 heavy (non-hydrogen) atoms. The van der Waals surface area contributed by atoms with E-state index >= 15 is 0 Å². The molecule has 1 atom stereocenters. The molecule has 2 rings (SSSR count). The molecule has 0 aliphatic rings. The van der Waals surface area contributed by atoms with Gasteiger partial charge in [0.25, 0.3) is 0 Å². The lowest BCUT2D eigenvalue weighted by molar-refractivity contribution is 0.104. The van der Waals surface area contributed by atoms with Gasteiger partial charge in [-0.15, -0.1) is 4.37 Å². The van der Waals surface area contributed by atoms with Crippen molar-refractivity contribution in [3.8, 4) is 5.88 Å². The van der Waals surface area contributed by atoms with Gasteiger partial charge in [0.05, 0.1) is 18.3 Å². The Bertz CT molecular complexity index is 419. The van der Waals surface area contributed by atoms with Gasteiger partial charge in [-0.25, -0.2) is 0 Å². The second-order valence-electron chi connectivity index (χ2n) is 3.68. The Morgan fingerprint density at radius 1 is 1.56 bits per heavy atom. The highest BCUT2D eigenvalue weighted by Crippen LogP contribution is 2.04. The van der Waals surface area contributed by atoms with Gasteiger partial charge in [0, 0.05) is 25.5 Å². The van der Waals surface area contributed by atoms with Crippen LogP contribution in [0.25, 0.3) is 0 Å². The molecule has 0 aliphatic heterocycles. The minimum absolute atomic E-state index is 0.209. The van der Waals surface area contributed by atoms with Crippen LogP contribution >= 0.6 is 11.7 Å². The van der Waals surface area contributed by atoms with Gasteiger partial charge in [0.1, 0.15) is 18.9 Å². The first-order chi connectivity index (χ1) is 8.84. The van der Waals surface area contributed by atoms with Gasteiger partial charge in [-0.1, -0.05) is 0 Å². The fourth-order valence-corrected chi connectivity index (χ4v) is 1.72. The topological polar surface area (TPSA) is 85.1 Å². The molecule has 0 radical (unpaired) electrons. The van der Waals surface area contributed by atoms with Crippen LogP contribution in [0.2, 0.25) is 0 Å². The number of nitrogens with one attached hydrogen (secondary N) is 1. The molecule has 7 nitrogen and oxygen atoms in total. The summed E-state index contributed by atoms with van der Waals surface area (Å²) >= 11 is 1.08. The van der Waals surface area contributed by atoms with Crippen LogP contribution in [0, 0.1) is 0 Å². The smallest absolute Gasteiger partial charge is 0.245 e. The van der Waals surface area contributed by atoms with Crippen LogP contribution in [-0.4, -0.2) is 49.4 Å². The maximum atomic E-state index is 9.65. The number of hydrogen-bond acceptors (Lipinski definition) is 7. The normalized spacial score (nSPS) is 12.5. The zero-order valence-electron chi connectivity index (χ0n) is 9.77. The Hall–Kier alpha value is -1.51. The highest BCUT2D eigenvalue weighted by molar-refractivity contribution is 6.99. The Kier molecular flexibility index (Phi) is 5.06. The van der Waals surface area contributed by atoms with E-state index in [1.165, 1.54) is 6.20 Å². The van der Waals surface area contributed by atoms with Gasteiger partial charge >= 0.3 is 0 Å². The lowest BCUT2D eigenvalue weighted by Gasteiger charge is -2.11. The molecule has 0 amide bonds. The van der Waals surface area contributed by atoms with Crippen LogP contribution in [0.5, 0.6) is 5.88 Å². The van der Waals surface area contributed by atoms with Gasteiger partial charge in [0.15, 0.2) is 0 Å². The number of rotatable bonds is 8. The standard InChI is InChI=1S/C10H15N5O2S/c16-9(8-17-10-7-13-18-14-10)6-11-3-5-15-4-1-2-12-15/h1-2,4,7,9,11,16H,3,5-6,8H2. The van der Waals surface area contributed by atoms with E-state index in [2.05, 4.69) is 19.2 Å². The molecule has 0 fully saturated rings. The minimum Gasteiger partial charge on any atom is -0.473 e. The molecule has 8 heteroatoms. The lowest BCUT2D eigenvalue weighted by Crippen LogP contribution is -2.33. The summed E-state index contributed by atoms with van der Waals surface area (Å²) < 4.78 is 14.8. The molecule has 0 bridgehead atoms. The molecule has 2 N–H and O–H groups in total. The van der Waals surface area contributed by atoms with Crippen molar-refractivity contribution < 1.29 is 9.84 Å². The molecule has 0 saturated heterocycles. The molecular weight excluding hydrogens is 254 g/mol. The first-order valence-electron chi connectivity index (χ1n) is 5.61. The Balaban J connectivity index is 1.53. The van der Waals surface area contributed by atoms with Crippen molar-refractivity contribution in [2.45, 2.75) is 12.6 Å². The van der Waals surface area contributed by atoms with E-state index in [1.807, 2.05) is 16.9 Å². The third-order valence-corrected chi connectivity index (χ3v) is 2.68. The number of aliphatic hydroxyl groups excluding tert-OH is 1. The molecular formula is C10H15N5O2S. The van der Waals surface area contributed by atoms with Crippen molar-refractivity contribution in [3.05, 3.63) is 24.7 Å². The van der Waals surface area contributed by atoms with E-state index in [4.69, 9.17) is 4.74 Å². The average Bonchev–Trinajstić information content (AvgIpc) is 3.04. The van der Waals surface area contributed by atoms with Crippen molar-refractivity contribution in [2.24, 2.45) is 0 Å². The van der Waals surface area contributed by atoms with E-state index in [9.17, 15) is 5.11 Å². The van der Waals surface area contributed by atoms with Crippen molar-refractivity contribution in [1.29, 1.82) is 0 Å². The van der Waals surface area contributed by atoms with Crippen molar-refractivity contribution in [3.63, 3.8) is 0 Å². The summed E-state index contributed by atoms with van der Waals surface area (Å²) in [5, 5.41) is 16.9. The highest BCUT2D eigenvalue weighted by Gasteiger charge is 2.05. The Morgan fingerprint density at radius 3 is 3.22 bits per heavy atom. The summed E-state index contributed by atoms with van der Waals surface area (Å²) in [5.41, 5.74) is 0. The zero-order valence-corrected chi connectivity index (χ0v) is 10.6. The quantitative estimate of drug-likeness (QED) is 0.644. The van der Waals surface area contributed by atoms with Crippen LogP contribution in [0.4, 0.5) is 0 Å². The summed E-state index contributed by atoms with van der Waals surface area (Å²) in [6.07, 6.45) is 4.60. The van der Waals surface area contributed by atoms with Gasteiger partial charge in [-0.2, -0.15) is 9.47 Å². The van der Waals surface area contributed by atoms with Crippen LogP contribution in [0.3, 0.4) is 0 Å². The first kappa shape index (κ1) is 12.9. The number of aromatic nitrogens is 4. The SMILES string of the molecule is OC(CNCCn1cccn1)COc1cnsn1. The molecule has 98 valence electrons. The molecule has 2 aromatic heterocycles. The average molecular weight is 269 g/mol. The zero-order chi connectivity index (χ0) is 12.6. The highest BCUT2D eigenvalue weighted by atomic mass is 32.1. The monoisotopic (exact) mass is 269 g/mol. The maximum Gasteiger partial charge on any atom is 0.245 e. The fourth-order valence-electron chi connectivity index (χ4n) is 1.36. The molecule has 2 heterocycles. The molecule has 0 spiro atoms. The summed E-state index contributed by atoms with van der Waals surface area (Å²) in [4.78, 5) is 0. The largest absolute Gasteiger partial charge is 0.473 e. The van der Waals surface area contributed by atoms with Gasteiger partial charge in [-0.3, -0.25) is 4.68 Å². The summed E-state index contributed by atoms with van der Waals surface area (Å²) in [6, 6.07) is 1.88. The molecule has 1 unspecified atom stereocenters. The fraction of sp³-hybridized carbons (Fsp3) is 0.500. The summed E-state index contributed by atoms with van der Waals surface area (Å²) in [5.74, 6) is 0.454. The van der Waals surface area contributed by atoms with E-state index in [-0.39, 0.29) is 6.61 Å².